The van der Waals surface area contributed by atoms with Gasteiger partial charge in [-0.2, -0.15) is 0 Å². The molecular weight excluding hydrogens is 311 g/mol. The second-order valence-corrected chi connectivity index (χ2v) is 4.56. The summed E-state index contributed by atoms with van der Waals surface area (Å²) in [4.78, 5) is 24.4. The van der Waals surface area contributed by atoms with Crippen LogP contribution in [0.2, 0.25) is 10.0 Å². The van der Waals surface area contributed by atoms with E-state index < -0.39 is 55.8 Å². The van der Waals surface area contributed by atoms with Crippen LogP contribution in [0.1, 0.15) is 20.7 Å². The van der Waals surface area contributed by atoms with Gasteiger partial charge in [0.1, 0.15) is 21.5 Å². The molecule has 0 amide bonds. The summed E-state index contributed by atoms with van der Waals surface area (Å²) in [6, 6.07) is 0. The van der Waals surface area contributed by atoms with Crippen LogP contribution >= 0.6 is 23.2 Å². The van der Waals surface area contributed by atoms with Crippen molar-refractivity contribution in [2.45, 2.75) is 0 Å². The largest absolute Gasteiger partial charge is 0.506 e. The van der Waals surface area contributed by atoms with Crippen LogP contribution in [0.5, 0.6) is 11.5 Å². The second kappa shape index (κ2) is 4.88. The molecule has 1 aliphatic carbocycles. The number of ether oxygens (including phenoxy) is 2. The smallest absolute Gasteiger partial charge is 0.236 e. The van der Waals surface area contributed by atoms with Crippen LogP contribution in [-0.4, -0.2) is 36.0 Å². The van der Waals surface area contributed by atoms with Crippen LogP contribution in [-0.2, 0) is 9.47 Å². The lowest BCUT2D eigenvalue weighted by Gasteiger charge is -2.21. The molecule has 0 radical (unpaired) electrons. The van der Waals surface area contributed by atoms with E-state index in [0.717, 1.165) is 0 Å². The van der Waals surface area contributed by atoms with Crippen molar-refractivity contribution in [3.63, 3.8) is 0 Å². The first-order valence-electron chi connectivity index (χ1n) is 5.21. The maximum Gasteiger partial charge on any atom is 0.236 e. The first kappa shape index (κ1) is 14.5. The van der Waals surface area contributed by atoms with Crippen molar-refractivity contribution in [3.05, 3.63) is 32.7 Å². The van der Waals surface area contributed by atoms with Crippen molar-refractivity contribution < 1.29 is 29.3 Å². The highest BCUT2D eigenvalue weighted by molar-refractivity contribution is 6.45. The van der Waals surface area contributed by atoms with Crippen molar-refractivity contribution in [1.29, 1.82) is 0 Å². The summed E-state index contributed by atoms with van der Waals surface area (Å²) >= 11 is 11.4. The van der Waals surface area contributed by atoms with Crippen molar-refractivity contribution in [2.24, 2.45) is 0 Å². The van der Waals surface area contributed by atoms with Crippen LogP contribution in [0.4, 0.5) is 0 Å². The van der Waals surface area contributed by atoms with Gasteiger partial charge in [0.05, 0.1) is 25.3 Å². The van der Waals surface area contributed by atoms with Crippen LogP contribution in [0, 0.1) is 0 Å². The number of aromatic hydroxyl groups is 2. The summed E-state index contributed by atoms with van der Waals surface area (Å²) in [6.07, 6.45) is 0. The van der Waals surface area contributed by atoms with Gasteiger partial charge in [0.15, 0.2) is 0 Å². The van der Waals surface area contributed by atoms with E-state index in [-0.39, 0.29) is 0 Å². The van der Waals surface area contributed by atoms with Crippen LogP contribution in [0.3, 0.4) is 0 Å². The van der Waals surface area contributed by atoms with E-state index in [1.165, 1.54) is 14.2 Å². The maximum absolute atomic E-state index is 12.2. The molecule has 2 N–H and O–H groups in total. The molecule has 0 saturated heterocycles. The average Bonchev–Trinajstić information content (AvgIpc) is 2.43. The fraction of sp³-hybridized carbons (Fsp3) is 0.167. The van der Waals surface area contributed by atoms with Crippen LogP contribution in [0.15, 0.2) is 11.5 Å². The van der Waals surface area contributed by atoms with Gasteiger partial charge >= 0.3 is 0 Å². The number of halogens is 2. The Morgan fingerprint density at radius 2 is 1.10 bits per heavy atom. The van der Waals surface area contributed by atoms with Crippen LogP contribution < -0.4 is 0 Å². The Labute approximate surface area is 123 Å². The maximum atomic E-state index is 12.2. The van der Waals surface area contributed by atoms with E-state index in [1.54, 1.807) is 0 Å². The summed E-state index contributed by atoms with van der Waals surface area (Å²) < 4.78 is 9.63. The average molecular weight is 319 g/mol. The Hall–Kier alpha value is -1.92. The van der Waals surface area contributed by atoms with E-state index in [2.05, 4.69) is 0 Å². The lowest BCUT2D eigenvalue weighted by Crippen LogP contribution is -2.24. The van der Waals surface area contributed by atoms with Crippen molar-refractivity contribution in [2.75, 3.05) is 14.2 Å². The first-order chi connectivity index (χ1) is 9.36. The number of rotatable bonds is 2. The molecule has 0 fully saturated rings. The topological polar surface area (TPSA) is 93.1 Å². The van der Waals surface area contributed by atoms with E-state index in [1.807, 2.05) is 0 Å². The summed E-state index contributed by atoms with van der Waals surface area (Å²) in [5.74, 6) is -3.87. The molecule has 6 nitrogen and oxygen atoms in total. The number of carbonyl (C=O) groups excluding carboxylic acids is 2. The molecule has 0 spiro atoms. The highest BCUT2D eigenvalue weighted by atomic mass is 35.5. The number of phenols is 2. The third-order valence-electron chi connectivity index (χ3n) is 2.81. The zero-order chi connectivity index (χ0) is 15.2. The summed E-state index contributed by atoms with van der Waals surface area (Å²) in [5.41, 5.74) is -0.945. The normalized spacial score (nSPS) is 14.4. The second-order valence-electron chi connectivity index (χ2n) is 3.80. The van der Waals surface area contributed by atoms with Crippen molar-refractivity contribution in [3.8, 4) is 11.5 Å². The number of ketones is 2. The molecule has 0 saturated carbocycles. The Kier molecular flexibility index (Phi) is 3.54. The Balaban J connectivity index is 2.90. The molecule has 0 atom stereocenters. The summed E-state index contributed by atoms with van der Waals surface area (Å²) in [7, 11) is 2.33. The Morgan fingerprint density at radius 1 is 0.800 bits per heavy atom. The standard InChI is InChI=1S/C12H8Cl2O6/c1-19-11-9(17)3-4(10(18)12(11)20-2)8(16)6(14)5(13)7(3)15/h15-16H,1-2H3. The number of carbonyl (C=O) groups is 2. The van der Waals surface area contributed by atoms with E-state index >= 15 is 0 Å². The third-order valence-corrected chi connectivity index (χ3v) is 3.65. The Morgan fingerprint density at radius 3 is 1.35 bits per heavy atom. The molecule has 1 aliphatic rings. The van der Waals surface area contributed by atoms with Gasteiger partial charge in [-0.25, -0.2) is 0 Å². The van der Waals surface area contributed by atoms with Gasteiger partial charge in [0.25, 0.3) is 0 Å². The number of methoxy groups -OCH3 is 2. The van der Waals surface area contributed by atoms with Gasteiger partial charge in [-0.1, -0.05) is 23.2 Å². The van der Waals surface area contributed by atoms with Crippen molar-refractivity contribution >= 4 is 34.8 Å². The molecule has 0 unspecified atom stereocenters. The molecule has 1 aromatic carbocycles. The highest BCUT2D eigenvalue weighted by Crippen LogP contribution is 2.47. The number of Topliss-reactive ketones (excluding diaryl/α,β-unsaturated/α-hetero) is 2. The molecule has 0 heterocycles. The van der Waals surface area contributed by atoms with E-state index in [4.69, 9.17) is 32.7 Å². The number of hydrogen-bond donors (Lipinski definition) is 2. The zero-order valence-electron chi connectivity index (χ0n) is 10.3. The zero-order valence-corrected chi connectivity index (χ0v) is 11.8. The summed E-state index contributed by atoms with van der Waals surface area (Å²) in [6.45, 7) is 0. The molecule has 20 heavy (non-hydrogen) atoms. The first-order valence-corrected chi connectivity index (χ1v) is 5.96. The predicted octanol–water partition coefficient (Wildman–Crippen LogP) is 2.29. The quantitative estimate of drug-likeness (QED) is 0.813. The van der Waals surface area contributed by atoms with E-state index in [0.29, 0.717) is 0 Å². The lowest BCUT2D eigenvalue weighted by molar-refractivity contribution is 0.0824. The summed E-state index contributed by atoms with van der Waals surface area (Å²) in [5, 5.41) is 18.9. The van der Waals surface area contributed by atoms with Crippen LogP contribution in [0.25, 0.3) is 0 Å². The minimum Gasteiger partial charge on any atom is -0.506 e. The minimum atomic E-state index is -0.842. The molecule has 0 aliphatic heterocycles. The van der Waals surface area contributed by atoms with E-state index in [9.17, 15) is 19.8 Å². The lowest BCUT2D eigenvalue weighted by atomic mass is 9.90. The Bertz CT molecular complexity index is 620. The van der Waals surface area contributed by atoms with Crippen molar-refractivity contribution in [1.82, 2.24) is 0 Å². The van der Waals surface area contributed by atoms with Gasteiger partial charge in [0.2, 0.25) is 23.1 Å². The third kappa shape index (κ3) is 1.72. The minimum absolute atomic E-state index is 0.391. The number of benzene rings is 1. The molecule has 0 bridgehead atoms. The predicted molar refractivity (Wildman–Crippen MR) is 69.5 cm³/mol. The fourth-order valence-electron chi connectivity index (χ4n) is 1.91. The fourth-order valence-corrected chi connectivity index (χ4v) is 2.28. The number of phenolic OH excluding ortho intramolecular Hbond substituents is 2. The molecule has 0 aromatic heterocycles. The van der Waals surface area contributed by atoms with Gasteiger partial charge < -0.3 is 19.7 Å². The SMILES string of the molecule is COC1=C(OC)C(=O)c2c(O)c(Cl)c(Cl)c(O)c2C1=O. The van der Waals surface area contributed by atoms with Gasteiger partial charge in [-0.3, -0.25) is 9.59 Å². The molecule has 1 aromatic rings. The van der Waals surface area contributed by atoms with Gasteiger partial charge in [0, 0.05) is 0 Å². The molecule has 2 rings (SSSR count). The number of allylic oxidation sites excluding steroid dienone is 2. The molecule has 106 valence electrons. The number of fused-ring (bicyclic) bond motifs is 1. The highest BCUT2D eigenvalue weighted by Gasteiger charge is 2.40. The number of hydrogen-bond acceptors (Lipinski definition) is 6. The molecule has 8 heteroatoms. The molecular formula is C12H8Cl2O6. The van der Waals surface area contributed by atoms with Gasteiger partial charge in [-0.05, 0) is 0 Å². The monoisotopic (exact) mass is 318 g/mol. The van der Waals surface area contributed by atoms with Gasteiger partial charge in [-0.15, -0.1) is 0 Å².